The van der Waals surface area contributed by atoms with Crippen LogP contribution >= 0.6 is 0 Å². The Balaban J connectivity index is 4.00. The lowest BCUT2D eigenvalue weighted by Crippen LogP contribution is -2.15. The molecule has 0 amide bonds. The molecule has 0 heteroatoms. The summed E-state index contributed by atoms with van der Waals surface area (Å²) in [5, 5.41) is 0. The monoisotopic (exact) mass is 366 g/mol. The fraction of sp³-hybridized carbons (Fsp3) is 1.00. The fourth-order valence-electron chi connectivity index (χ4n) is 4.70. The molecular weight excluding hydrogens is 312 g/mol. The first-order valence-corrected chi connectivity index (χ1v) is 12.8. The second kappa shape index (κ2) is 21.3. The minimum atomic E-state index is 1.02. The molecule has 0 saturated heterocycles. The van der Waals surface area contributed by atoms with Crippen molar-refractivity contribution in [1.82, 2.24) is 0 Å². The average molecular weight is 367 g/mol. The van der Waals surface area contributed by atoms with Crippen molar-refractivity contribution >= 4 is 0 Å². The van der Waals surface area contributed by atoms with Crippen molar-refractivity contribution in [2.45, 2.75) is 156 Å². The number of unbranched alkanes of at least 4 members (excludes halogenated alkanes) is 12. The van der Waals surface area contributed by atoms with Crippen molar-refractivity contribution in [2.24, 2.45) is 11.8 Å². The highest BCUT2D eigenvalue weighted by Crippen LogP contribution is 2.32. The lowest BCUT2D eigenvalue weighted by atomic mass is 9.79. The van der Waals surface area contributed by atoms with Gasteiger partial charge in [-0.05, 0) is 11.8 Å². The standard InChI is InChI=1S/C26H54/c1-5-9-11-13-15-17-19-23-25(21-7-3)26(22-8-4)24-20-18-16-14-12-10-6-2/h25-26H,5-24H2,1-4H3. The minimum Gasteiger partial charge on any atom is -0.0654 e. The molecule has 0 radical (unpaired) electrons. The van der Waals surface area contributed by atoms with Crippen molar-refractivity contribution < 1.29 is 0 Å². The second-order valence-electron chi connectivity index (χ2n) is 8.92. The maximum atomic E-state index is 2.40. The Morgan fingerprint density at radius 3 is 0.923 bits per heavy atom. The topological polar surface area (TPSA) is 0 Å². The van der Waals surface area contributed by atoms with Gasteiger partial charge in [0.05, 0.1) is 0 Å². The van der Waals surface area contributed by atoms with Gasteiger partial charge in [-0.3, -0.25) is 0 Å². The molecule has 0 saturated carbocycles. The van der Waals surface area contributed by atoms with E-state index in [0.717, 1.165) is 11.8 Å². The van der Waals surface area contributed by atoms with Crippen molar-refractivity contribution in [1.29, 1.82) is 0 Å². The summed E-state index contributed by atoms with van der Waals surface area (Å²) in [6.45, 7) is 9.42. The van der Waals surface area contributed by atoms with E-state index >= 15 is 0 Å². The maximum absolute atomic E-state index is 2.40. The van der Waals surface area contributed by atoms with E-state index in [0.29, 0.717) is 0 Å². The van der Waals surface area contributed by atoms with Crippen LogP contribution < -0.4 is 0 Å². The van der Waals surface area contributed by atoms with E-state index in [1.165, 1.54) is 128 Å². The zero-order valence-electron chi connectivity index (χ0n) is 19.3. The highest BCUT2D eigenvalue weighted by atomic mass is 14.2. The molecule has 0 spiro atoms. The van der Waals surface area contributed by atoms with Gasteiger partial charge >= 0.3 is 0 Å². The fourth-order valence-corrected chi connectivity index (χ4v) is 4.70. The predicted octanol–water partition coefficient (Wildman–Crippen LogP) is 10.1. The van der Waals surface area contributed by atoms with Crippen LogP contribution in [0.15, 0.2) is 0 Å². The third-order valence-electron chi connectivity index (χ3n) is 6.34. The van der Waals surface area contributed by atoms with E-state index in [1.54, 1.807) is 0 Å². The van der Waals surface area contributed by atoms with Crippen molar-refractivity contribution in [3.05, 3.63) is 0 Å². The Kier molecular flexibility index (Phi) is 21.3. The summed E-state index contributed by atoms with van der Waals surface area (Å²) in [6.07, 6.45) is 29.2. The summed E-state index contributed by atoms with van der Waals surface area (Å²) in [4.78, 5) is 0. The Morgan fingerprint density at radius 2 is 0.615 bits per heavy atom. The first-order valence-electron chi connectivity index (χ1n) is 12.8. The molecule has 0 rings (SSSR count). The SMILES string of the molecule is CCCCCCCCCC(CCC)C(CCC)CCCCCCCCC. The summed E-state index contributed by atoms with van der Waals surface area (Å²) < 4.78 is 0. The third kappa shape index (κ3) is 16.2. The summed E-state index contributed by atoms with van der Waals surface area (Å²) in [5.74, 6) is 2.05. The van der Waals surface area contributed by atoms with Gasteiger partial charge in [-0.25, -0.2) is 0 Å². The molecule has 0 nitrogen and oxygen atoms in total. The van der Waals surface area contributed by atoms with Gasteiger partial charge < -0.3 is 0 Å². The highest BCUT2D eigenvalue weighted by Gasteiger charge is 2.19. The van der Waals surface area contributed by atoms with Crippen LogP contribution in [-0.2, 0) is 0 Å². The highest BCUT2D eigenvalue weighted by molar-refractivity contribution is 4.71. The predicted molar refractivity (Wildman–Crippen MR) is 122 cm³/mol. The van der Waals surface area contributed by atoms with Crippen LogP contribution in [0.5, 0.6) is 0 Å². The molecule has 158 valence electrons. The molecule has 0 aromatic rings. The third-order valence-corrected chi connectivity index (χ3v) is 6.34. The maximum Gasteiger partial charge on any atom is -0.0386 e. The van der Waals surface area contributed by atoms with Gasteiger partial charge in [0.2, 0.25) is 0 Å². The van der Waals surface area contributed by atoms with Gasteiger partial charge in [0, 0.05) is 0 Å². The molecule has 0 N–H and O–H groups in total. The van der Waals surface area contributed by atoms with Gasteiger partial charge in [0.15, 0.2) is 0 Å². The van der Waals surface area contributed by atoms with Crippen LogP contribution in [-0.4, -0.2) is 0 Å². The Bertz CT molecular complexity index is 218. The number of hydrogen-bond donors (Lipinski definition) is 0. The van der Waals surface area contributed by atoms with E-state index in [9.17, 15) is 0 Å². The first kappa shape index (κ1) is 26.0. The first-order chi connectivity index (χ1) is 12.8. The van der Waals surface area contributed by atoms with Gasteiger partial charge in [0.1, 0.15) is 0 Å². The molecule has 0 aliphatic heterocycles. The van der Waals surface area contributed by atoms with Crippen molar-refractivity contribution in [2.75, 3.05) is 0 Å². The normalized spacial score (nSPS) is 13.8. The Morgan fingerprint density at radius 1 is 0.308 bits per heavy atom. The van der Waals surface area contributed by atoms with Gasteiger partial charge in [-0.1, -0.05) is 156 Å². The largest absolute Gasteiger partial charge is 0.0654 e. The van der Waals surface area contributed by atoms with Crippen molar-refractivity contribution in [3.63, 3.8) is 0 Å². The molecular formula is C26H54. The lowest BCUT2D eigenvalue weighted by molar-refractivity contribution is 0.245. The molecule has 26 heavy (non-hydrogen) atoms. The van der Waals surface area contributed by atoms with E-state index in [1.807, 2.05) is 0 Å². The molecule has 0 heterocycles. The Labute approximate surface area is 168 Å². The molecule has 0 fully saturated rings. The second-order valence-corrected chi connectivity index (χ2v) is 8.92. The van der Waals surface area contributed by atoms with E-state index < -0.39 is 0 Å². The van der Waals surface area contributed by atoms with Crippen molar-refractivity contribution in [3.8, 4) is 0 Å². The van der Waals surface area contributed by atoms with E-state index in [-0.39, 0.29) is 0 Å². The zero-order chi connectivity index (χ0) is 19.3. The van der Waals surface area contributed by atoms with Crippen LogP contribution in [0.2, 0.25) is 0 Å². The lowest BCUT2D eigenvalue weighted by Gasteiger charge is -2.27. The van der Waals surface area contributed by atoms with Crippen LogP contribution in [0, 0.1) is 11.8 Å². The van der Waals surface area contributed by atoms with E-state index in [4.69, 9.17) is 0 Å². The molecule has 0 aromatic carbocycles. The van der Waals surface area contributed by atoms with Crippen LogP contribution in [0.1, 0.15) is 156 Å². The number of hydrogen-bond acceptors (Lipinski definition) is 0. The van der Waals surface area contributed by atoms with Gasteiger partial charge in [0.25, 0.3) is 0 Å². The average Bonchev–Trinajstić information content (AvgIpc) is 2.65. The molecule has 2 unspecified atom stereocenters. The van der Waals surface area contributed by atoms with Crippen LogP contribution in [0.4, 0.5) is 0 Å². The van der Waals surface area contributed by atoms with E-state index in [2.05, 4.69) is 27.7 Å². The van der Waals surface area contributed by atoms with Crippen LogP contribution in [0.3, 0.4) is 0 Å². The quantitative estimate of drug-likeness (QED) is 0.177. The number of rotatable bonds is 21. The molecule has 0 aliphatic rings. The summed E-state index contributed by atoms with van der Waals surface area (Å²) >= 11 is 0. The summed E-state index contributed by atoms with van der Waals surface area (Å²) in [6, 6.07) is 0. The molecule has 0 bridgehead atoms. The van der Waals surface area contributed by atoms with Crippen LogP contribution in [0.25, 0.3) is 0 Å². The summed E-state index contributed by atoms with van der Waals surface area (Å²) in [7, 11) is 0. The smallest absolute Gasteiger partial charge is 0.0386 e. The minimum absolute atomic E-state index is 1.02. The van der Waals surface area contributed by atoms with Gasteiger partial charge in [-0.15, -0.1) is 0 Å². The zero-order valence-corrected chi connectivity index (χ0v) is 19.3. The summed E-state index contributed by atoms with van der Waals surface area (Å²) in [5.41, 5.74) is 0. The Hall–Kier alpha value is 0. The molecule has 0 aromatic heterocycles. The van der Waals surface area contributed by atoms with Gasteiger partial charge in [-0.2, -0.15) is 0 Å². The molecule has 0 aliphatic carbocycles. The molecule has 2 atom stereocenters.